The van der Waals surface area contributed by atoms with Crippen molar-refractivity contribution in [2.45, 2.75) is 12.5 Å². The maximum absolute atomic E-state index is 12.0. The van der Waals surface area contributed by atoms with E-state index in [-0.39, 0.29) is 0 Å². The second-order valence-electron chi connectivity index (χ2n) is 6.11. The van der Waals surface area contributed by atoms with Crippen LogP contribution in [0.2, 0.25) is 0 Å². The van der Waals surface area contributed by atoms with Gasteiger partial charge in [0.2, 0.25) is 0 Å². The lowest BCUT2D eigenvalue weighted by atomic mass is 9.89. The number of hydrogen-bond acceptors (Lipinski definition) is 4. The Hall–Kier alpha value is -1.59. The third-order valence-electron chi connectivity index (χ3n) is 4.50. The minimum Gasteiger partial charge on any atom is -0.480 e. The summed E-state index contributed by atoms with van der Waals surface area (Å²) in [6, 6.07) is 7.82. The molecule has 0 radical (unpaired) electrons. The van der Waals surface area contributed by atoms with E-state index < -0.39 is 11.5 Å². The van der Waals surface area contributed by atoms with Gasteiger partial charge in [0.1, 0.15) is 5.54 Å². The first-order valence-electron chi connectivity index (χ1n) is 7.30. The summed E-state index contributed by atoms with van der Waals surface area (Å²) < 4.78 is 0. The first-order chi connectivity index (χ1) is 9.85. The van der Waals surface area contributed by atoms with Crippen LogP contribution in [0.1, 0.15) is 12.5 Å². The molecule has 0 bridgehead atoms. The predicted molar refractivity (Wildman–Crippen MR) is 84.8 cm³/mol. The van der Waals surface area contributed by atoms with E-state index in [1.165, 1.54) is 0 Å². The van der Waals surface area contributed by atoms with Crippen LogP contribution in [0.15, 0.2) is 24.3 Å². The Morgan fingerprint density at radius 3 is 2.10 bits per heavy atom. The Labute approximate surface area is 126 Å². The molecule has 0 aromatic heterocycles. The van der Waals surface area contributed by atoms with Crippen LogP contribution in [0.25, 0.3) is 0 Å². The summed E-state index contributed by atoms with van der Waals surface area (Å²) in [5, 5.41) is 9.82. The molecule has 1 aromatic rings. The lowest BCUT2D eigenvalue weighted by Gasteiger charge is -2.42. The quantitative estimate of drug-likeness (QED) is 0.906. The van der Waals surface area contributed by atoms with Crippen LogP contribution in [0, 0.1) is 0 Å². The number of benzene rings is 1. The number of aliphatic carboxylic acids is 1. The van der Waals surface area contributed by atoms with Crippen molar-refractivity contribution in [3.63, 3.8) is 0 Å². The molecular weight excluding hydrogens is 266 g/mol. The van der Waals surface area contributed by atoms with Crippen LogP contribution >= 0.6 is 0 Å². The Kier molecular flexibility index (Phi) is 4.54. The number of carboxylic acid groups (broad SMARTS) is 1. The number of rotatable bonds is 4. The van der Waals surface area contributed by atoms with Gasteiger partial charge >= 0.3 is 5.97 Å². The first kappa shape index (κ1) is 15.8. The molecule has 1 atom stereocenters. The summed E-state index contributed by atoms with van der Waals surface area (Å²) in [4.78, 5) is 18.3. The molecule has 0 amide bonds. The van der Waals surface area contributed by atoms with Gasteiger partial charge in [0.25, 0.3) is 0 Å². The second-order valence-corrected chi connectivity index (χ2v) is 6.11. The van der Waals surface area contributed by atoms with Crippen LogP contribution in [0.3, 0.4) is 0 Å². The monoisotopic (exact) mass is 291 g/mol. The Morgan fingerprint density at radius 2 is 1.67 bits per heavy atom. The second kappa shape index (κ2) is 6.03. The van der Waals surface area contributed by atoms with Crippen LogP contribution in [-0.2, 0) is 10.3 Å². The molecule has 2 rings (SSSR count). The van der Waals surface area contributed by atoms with Gasteiger partial charge in [-0.2, -0.15) is 0 Å². The molecule has 1 unspecified atom stereocenters. The van der Waals surface area contributed by atoms with E-state index >= 15 is 0 Å². The molecule has 1 aliphatic heterocycles. The van der Waals surface area contributed by atoms with E-state index in [1.807, 2.05) is 50.2 Å². The van der Waals surface area contributed by atoms with Gasteiger partial charge in [-0.1, -0.05) is 12.1 Å². The fraction of sp³-hybridized carbons (Fsp3) is 0.562. The number of carboxylic acids is 1. The number of anilines is 1. The van der Waals surface area contributed by atoms with Crippen molar-refractivity contribution >= 4 is 11.7 Å². The fourth-order valence-corrected chi connectivity index (χ4v) is 2.78. The van der Waals surface area contributed by atoms with Gasteiger partial charge in [-0.25, -0.2) is 4.79 Å². The third kappa shape index (κ3) is 3.04. The van der Waals surface area contributed by atoms with Crippen LogP contribution in [0.4, 0.5) is 5.69 Å². The van der Waals surface area contributed by atoms with Gasteiger partial charge in [-0.3, -0.25) is 4.90 Å². The summed E-state index contributed by atoms with van der Waals surface area (Å²) in [5.74, 6) is -0.787. The van der Waals surface area contributed by atoms with Gasteiger partial charge in [-0.15, -0.1) is 0 Å². The number of carbonyl (C=O) groups is 1. The molecule has 1 aromatic carbocycles. The molecule has 116 valence electrons. The van der Waals surface area contributed by atoms with Crippen LogP contribution < -0.4 is 4.90 Å². The van der Waals surface area contributed by atoms with Crippen molar-refractivity contribution in [2.24, 2.45) is 0 Å². The number of piperazine rings is 1. The Morgan fingerprint density at radius 1 is 1.14 bits per heavy atom. The smallest absolute Gasteiger partial charge is 0.328 e. The summed E-state index contributed by atoms with van der Waals surface area (Å²) in [7, 11) is 6.03. The zero-order valence-electron chi connectivity index (χ0n) is 13.3. The minimum absolute atomic E-state index is 0.773. The molecule has 1 aliphatic rings. The molecule has 5 heteroatoms. The molecule has 1 heterocycles. The van der Waals surface area contributed by atoms with E-state index in [1.54, 1.807) is 0 Å². The average Bonchev–Trinajstić information content (AvgIpc) is 2.47. The normalized spacial score (nSPS) is 20.0. The maximum Gasteiger partial charge on any atom is 0.328 e. The van der Waals surface area contributed by atoms with Crippen molar-refractivity contribution in [2.75, 3.05) is 52.2 Å². The summed E-state index contributed by atoms with van der Waals surface area (Å²) >= 11 is 0. The molecular formula is C16H25N3O2. The zero-order chi connectivity index (χ0) is 15.6. The van der Waals surface area contributed by atoms with E-state index in [2.05, 4.69) is 16.8 Å². The van der Waals surface area contributed by atoms with Crippen molar-refractivity contribution in [1.29, 1.82) is 0 Å². The molecule has 21 heavy (non-hydrogen) atoms. The third-order valence-corrected chi connectivity index (χ3v) is 4.50. The van der Waals surface area contributed by atoms with Crippen molar-refractivity contribution < 1.29 is 9.90 Å². The predicted octanol–water partition coefficient (Wildman–Crippen LogP) is 1.30. The van der Waals surface area contributed by atoms with E-state index in [4.69, 9.17) is 0 Å². The van der Waals surface area contributed by atoms with Gasteiger partial charge in [0.15, 0.2) is 0 Å². The maximum atomic E-state index is 12.0. The van der Waals surface area contributed by atoms with E-state index in [0.29, 0.717) is 0 Å². The summed E-state index contributed by atoms with van der Waals surface area (Å²) in [6.07, 6.45) is 0. The molecule has 5 nitrogen and oxygen atoms in total. The number of likely N-dealkylation sites (N-methyl/N-ethyl adjacent to an activating group) is 1. The first-order valence-corrected chi connectivity index (χ1v) is 7.30. The highest BCUT2D eigenvalue weighted by Crippen LogP contribution is 2.31. The van der Waals surface area contributed by atoms with Crippen molar-refractivity contribution in [1.82, 2.24) is 9.80 Å². The van der Waals surface area contributed by atoms with Crippen molar-refractivity contribution in [3.05, 3.63) is 29.8 Å². The highest BCUT2D eigenvalue weighted by Gasteiger charge is 2.42. The fourth-order valence-electron chi connectivity index (χ4n) is 2.78. The molecule has 0 spiro atoms. The van der Waals surface area contributed by atoms with Gasteiger partial charge < -0.3 is 14.9 Å². The molecule has 0 saturated carbocycles. The molecule has 1 fully saturated rings. The zero-order valence-corrected chi connectivity index (χ0v) is 13.3. The standard InChI is InChI=1S/C16H25N3O2/c1-16(15(20)21,19-11-9-18(4)10-12-19)13-5-7-14(8-6-13)17(2)3/h5-8H,9-12H2,1-4H3,(H,20,21). The minimum atomic E-state index is -0.966. The van der Waals surface area contributed by atoms with Gasteiger partial charge in [-0.05, 0) is 31.7 Å². The Balaban J connectivity index is 2.31. The lowest BCUT2D eigenvalue weighted by molar-refractivity contribution is -0.152. The van der Waals surface area contributed by atoms with Crippen LogP contribution in [0.5, 0.6) is 0 Å². The van der Waals surface area contributed by atoms with Gasteiger partial charge in [0, 0.05) is 46.0 Å². The lowest BCUT2D eigenvalue weighted by Crippen LogP contribution is -2.56. The SMILES string of the molecule is CN1CCN(C(C)(C(=O)O)c2ccc(N(C)C)cc2)CC1. The number of nitrogens with zero attached hydrogens (tertiary/aromatic N) is 3. The van der Waals surface area contributed by atoms with Gasteiger partial charge in [0.05, 0.1) is 0 Å². The highest BCUT2D eigenvalue weighted by molar-refractivity contribution is 5.80. The summed E-state index contributed by atoms with van der Waals surface area (Å²) in [5.41, 5.74) is 0.946. The molecule has 1 N–H and O–H groups in total. The highest BCUT2D eigenvalue weighted by atomic mass is 16.4. The van der Waals surface area contributed by atoms with E-state index in [0.717, 1.165) is 37.4 Å². The largest absolute Gasteiger partial charge is 0.480 e. The van der Waals surface area contributed by atoms with Crippen molar-refractivity contribution in [3.8, 4) is 0 Å². The molecule has 1 saturated heterocycles. The number of hydrogen-bond donors (Lipinski definition) is 1. The Bertz CT molecular complexity index is 493. The summed E-state index contributed by atoms with van der Waals surface area (Å²) in [6.45, 7) is 5.16. The van der Waals surface area contributed by atoms with Crippen LogP contribution in [-0.4, -0.2) is 68.2 Å². The van der Waals surface area contributed by atoms with E-state index in [9.17, 15) is 9.90 Å². The average molecular weight is 291 g/mol. The topological polar surface area (TPSA) is 47.0 Å². The molecule has 0 aliphatic carbocycles.